The zero-order chi connectivity index (χ0) is 14.4. The van der Waals surface area contributed by atoms with E-state index in [2.05, 4.69) is 4.90 Å². The van der Waals surface area contributed by atoms with Gasteiger partial charge >= 0.3 is 0 Å². The molecule has 2 rings (SSSR count). The van der Waals surface area contributed by atoms with Gasteiger partial charge in [0.25, 0.3) is 0 Å². The molecular weight excluding hydrogens is 309 g/mol. The first kappa shape index (κ1) is 17.6. The third-order valence-electron chi connectivity index (χ3n) is 2.67. The van der Waals surface area contributed by atoms with Crippen molar-refractivity contribution in [2.75, 3.05) is 27.2 Å². The van der Waals surface area contributed by atoms with E-state index in [1.54, 1.807) is 6.07 Å². The molecule has 0 heterocycles. The Labute approximate surface area is 136 Å². The van der Waals surface area contributed by atoms with Crippen LogP contribution in [-0.2, 0) is 0 Å². The van der Waals surface area contributed by atoms with Crippen LogP contribution in [0.4, 0.5) is 0 Å². The molecule has 0 spiro atoms. The number of hydrogen-bond acceptors (Lipinski definition) is 3. The topological polar surface area (TPSA) is 21.7 Å². The molecule has 21 heavy (non-hydrogen) atoms. The molecule has 3 nitrogen and oxygen atoms in total. The SMILES string of the molecule is CN(C)CCOc1ccccc1Oc1cccc(Cl)c1.Cl. The molecule has 0 amide bonds. The van der Waals surface area contributed by atoms with E-state index in [9.17, 15) is 0 Å². The second-order valence-corrected chi connectivity index (χ2v) is 5.09. The molecule has 0 saturated heterocycles. The largest absolute Gasteiger partial charge is 0.488 e. The van der Waals surface area contributed by atoms with E-state index in [1.165, 1.54) is 0 Å². The van der Waals surface area contributed by atoms with E-state index in [1.807, 2.05) is 56.6 Å². The van der Waals surface area contributed by atoms with Crippen LogP contribution in [0.3, 0.4) is 0 Å². The predicted molar refractivity (Wildman–Crippen MR) is 89.3 cm³/mol. The van der Waals surface area contributed by atoms with Crippen molar-refractivity contribution >= 4 is 24.0 Å². The summed E-state index contributed by atoms with van der Waals surface area (Å²) in [7, 11) is 4.02. The van der Waals surface area contributed by atoms with Gasteiger partial charge in [0.2, 0.25) is 0 Å². The molecule has 0 aliphatic heterocycles. The van der Waals surface area contributed by atoms with Crippen molar-refractivity contribution in [3.8, 4) is 17.2 Å². The van der Waals surface area contributed by atoms with Gasteiger partial charge in [-0.1, -0.05) is 29.8 Å². The minimum Gasteiger partial charge on any atom is -0.488 e. The summed E-state index contributed by atoms with van der Waals surface area (Å²) >= 11 is 5.95. The highest BCUT2D eigenvalue weighted by molar-refractivity contribution is 6.30. The van der Waals surface area contributed by atoms with E-state index in [-0.39, 0.29) is 12.4 Å². The van der Waals surface area contributed by atoms with Gasteiger partial charge in [-0.25, -0.2) is 0 Å². The number of benzene rings is 2. The van der Waals surface area contributed by atoms with Crippen LogP contribution < -0.4 is 9.47 Å². The van der Waals surface area contributed by atoms with Crippen LogP contribution in [0.2, 0.25) is 5.02 Å². The molecule has 0 radical (unpaired) electrons. The molecule has 0 unspecified atom stereocenters. The van der Waals surface area contributed by atoms with Gasteiger partial charge in [-0.05, 0) is 44.4 Å². The molecule has 2 aromatic carbocycles. The van der Waals surface area contributed by atoms with Gasteiger partial charge in [0.05, 0.1) is 0 Å². The highest BCUT2D eigenvalue weighted by atomic mass is 35.5. The van der Waals surface area contributed by atoms with Crippen LogP contribution in [0.25, 0.3) is 0 Å². The Bertz CT molecular complexity index is 561. The lowest BCUT2D eigenvalue weighted by Crippen LogP contribution is -2.19. The zero-order valence-corrected chi connectivity index (χ0v) is 13.7. The number of ether oxygens (including phenoxy) is 2. The zero-order valence-electron chi connectivity index (χ0n) is 12.1. The molecule has 0 saturated carbocycles. The smallest absolute Gasteiger partial charge is 0.169 e. The summed E-state index contributed by atoms with van der Waals surface area (Å²) in [5.74, 6) is 2.11. The second-order valence-electron chi connectivity index (χ2n) is 4.66. The quantitative estimate of drug-likeness (QED) is 0.780. The first-order valence-electron chi connectivity index (χ1n) is 6.45. The van der Waals surface area contributed by atoms with Crippen molar-refractivity contribution in [2.24, 2.45) is 0 Å². The first-order chi connectivity index (χ1) is 9.65. The average Bonchev–Trinajstić information content (AvgIpc) is 2.40. The fourth-order valence-electron chi connectivity index (χ4n) is 1.65. The highest BCUT2D eigenvalue weighted by Crippen LogP contribution is 2.32. The Hall–Kier alpha value is -1.42. The maximum Gasteiger partial charge on any atom is 0.169 e. The monoisotopic (exact) mass is 327 g/mol. The van der Waals surface area contributed by atoms with E-state index >= 15 is 0 Å². The Kier molecular flexibility index (Phi) is 7.37. The van der Waals surface area contributed by atoms with Gasteiger partial charge in [0.15, 0.2) is 11.5 Å². The van der Waals surface area contributed by atoms with Gasteiger partial charge in [0.1, 0.15) is 12.4 Å². The van der Waals surface area contributed by atoms with Crippen LogP contribution in [0.15, 0.2) is 48.5 Å². The lowest BCUT2D eigenvalue weighted by molar-refractivity contribution is 0.254. The van der Waals surface area contributed by atoms with Crippen molar-refractivity contribution in [2.45, 2.75) is 0 Å². The molecule has 0 aromatic heterocycles. The summed E-state index contributed by atoms with van der Waals surface area (Å²) in [6, 6.07) is 14.9. The van der Waals surface area contributed by atoms with Crippen LogP contribution in [0.1, 0.15) is 0 Å². The number of halogens is 2. The standard InChI is InChI=1S/C16H18ClNO2.ClH/c1-18(2)10-11-19-15-8-3-4-9-16(15)20-14-7-5-6-13(17)12-14;/h3-9,12H,10-11H2,1-2H3;1H. The van der Waals surface area contributed by atoms with Crippen LogP contribution in [0, 0.1) is 0 Å². The molecule has 0 aliphatic rings. The molecule has 0 atom stereocenters. The summed E-state index contributed by atoms with van der Waals surface area (Å²) in [5.41, 5.74) is 0. The lowest BCUT2D eigenvalue weighted by Gasteiger charge is -2.14. The van der Waals surface area contributed by atoms with Gasteiger partial charge in [-0.15, -0.1) is 12.4 Å². The third-order valence-corrected chi connectivity index (χ3v) is 2.90. The Balaban J connectivity index is 0.00000220. The second kappa shape index (κ2) is 8.78. The fourth-order valence-corrected chi connectivity index (χ4v) is 1.83. The molecular formula is C16H19Cl2NO2. The summed E-state index contributed by atoms with van der Waals surface area (Å²) in [5, 5.41) is 0.647. The summed E-state index contributed by atoms with van der Waals surface area (Å²) < 4.78 is 11.6. The first-order valence-corrected chi connectivity index (χ1v) is 6.83. The maximum atomic E-state index is 5.95. The molecule has 5 heteroatoms. The summed E-state index contributed by atoms with van der Waals surface area (Å²) in [4.78, 5) is 2.07. The van der Waals surface area contributed by atoms with Gasteiger partial charge in [0, 0.05) is 11.6 Å². The fraction of sp³-hybridized carbons (Fsp3) is 0.250. The Morgan fingerprint density at radius 2 is 1.71 bits per heavy atom. The lowest BCUT2D eigenvalue weighted by atomic mass is 10.3. The minimum absolute atomic E-state index is 0. The number of rotatable bonds is 6. The summed E-state index contributed by atoms with van der Waals surface area (Å²) in [6.45, 7) is 1.47. The molecule has 114 valence electrons. The van der Waals surface area contributed by atoms with Crippen LogP contribution in [0.5, 0.6) is 17.2 Å². The van der Waals surface area contributed by atoms with Crippen LogP contribution in [-0.4, -0.2) is 32.1 Å². The minimum atomic E-state index is 0. The van der Waals surface area contributed by atoms with E-state index in [4.69, 9.17) is 21.1 Å². The average molecular weight is 328 g/mol. The molecule has 0 aliphatic carbocycles. The highest BCUT2D eigenvalue weighted by Gasteiger charge is 2.06. The van der Waals surface area contributed by atoms with E-state index < -0.39 is 0 Å². The molecule has 2 aromatic rings. The molecule has 0 bridgehead atoms. The summed E-state index contributed by atoms with van der Waals surface area (Å²) in [6.07, 6.45) is 0. The predicted octanol–water partition coefficient (Wildman–Crippen LogP) is 4.49. The van der Waals surface area contributed by atoms with Crippen LogP contribution >= 0.6 is 24.0 Å². The van der Waals surface area contributed by atoms with Gasteiger partial charge in [-0.3, -0.25) is 0 Å². The molecule has 0 N–H and O–H groups in total. The number of likely N-dealkylation sites (N-methyl/N-ethyl adjacent to an activating group) is 1. The van der Waals surface area contributed by atoms with Crippen molar-refractivity contribution in [1.29, 1.82) is 0 Å². The maximum absolute atomic E-state index is 5.95. The van der Waals surface area contributed by atoms with Gasteiger partial charge in [-0.2, -0.15) is 0 Å². The number of para-hydroxylation sites is 2. The molecule has 0 fully saturated rings. The number of nitrogens with zero attached hydrogens (tertiary/aromatic N) is 1. The normalized spacial score (nSPS) is 10.1. The van der Waals surface area contributed by atoms with E-state index in [0.717, 1.165) is 12.3 Å². The van der Waals surface area contributed by atoms with Crippen molar-refractivity contribution in [3.05, 3.63) is 53.6 Å². The van der Waals surface area contributed by atoms with Crippen molar-refractivity contribution in [3.63, 3.8) is 0 Å². The Morgan fingerprint density at radius 1 is 1.00 bits per heavy atom. The van der Waals surface area contributed by atoms with Gasteiger partial charge < -0.3 is 14.4 Å². The third kappa shape index (κ3) is 5.84. The van der Waals surface area contributed by atoms with E-state index in [0.29, 0.717) is 23.1 Å². The Morgan fingerprint density at radius 3 is 2.38 bits per heavy atom. The van der Waals surface area contributed by atoms with Crippen molar-refractivity contribution in [1.82, 2.24) is 4.90 Å². The number of hydrogen-bond donors (Lipinski definition) is 0. The van der Waals surface area contributed by atoms with Crippen molar-refractivity contribution < 1.29 is 9.47 Å².